The van der Waals surface area contributed by atoms with Gasteiger partial charge in [-0.05, 0) is 48.5 Å². The van der Waals surface area contributed by atoms with Gasteiger partial charge in [-0.2, -0.15) is 0 Å². The van der Waals surface area contributed by atoms with Crippen LogP contribution in [0.3, 0.4) is 0 Å². The largest absolute Gasteiger partial charge is 0.454 e. The smallest absolute Gasteiger partial charge is 0.269 e. The molecule has 1 N–H and O–H groups in total. The monoisotopic (exact) mass is 472 g/mol. The van der Waals surface area contributed by atoms with E-state index in [0.29, 0.717) is 10.8 Å². The summed E-state index contributed by atoms with van der Waals surface area (Å²) in [4.78, 5) is 9.94. The highest BCUT2D eigenvalue weighted by atomic mass is 35.5. The number of benzene rings is 3. The van der Waals surface area contributed by atoms with E-state index in [-0.39, 0.29) is 32.1 Å². The molecular formula is C18H11Cl3N2O5S. The van der Waals surface area contributed by atoms with E-state index in [9.17, 15) is 18.5 Å². The lowest BCUT2D eigenvalue weighted by atomic mass is 10.3. The fraction of sp³-hybridized carbons (Fsp3) is 0. The number of ether oxygens (including phenoxy) is 1. The standard InChI is InChI=1S/C18H11Cl3N2O5S/c19-11-1-7-17(15(20)9-11)28-18-8-2-12(10-16(18)21)22-29(26,27)14-5-3-13(4-6-14)23(24)25/h1-10,22H. The second-order valence-corrected chi connectivity index (χ2v) is 8.61. The van der Waals surface area contributed by atoms with Gasteiger partial charge in [0.25, 0.3) is 15.7 Å². The molecule has 0 aromatic heterocycles. The zero-order valence-electron chi connectivity index (χ0n) is 14.3. The lowest BCUT2D eigenvalue weighted by molar-refractivity contribution is -0.384. The fourth-order valence-corrected chi connectivity index (χ4v) is 4.00. The molecule has 0 saturated heterocycles. The quantitative estimate of drug-likeness (QED) is 0.342. The van der Waals surface area contributed by atoms with E-state index in [0.717, 1.165) is 24.3 Å². The van der Waals surface area contributed by atoms with Crippen molar-refractivity contribution in [1.29, 1.82) is 0 Å². The van der Waals surface area contributed by atoms with Gasteiger partial charge in [-0.15, -0.1) is 0 Å². The molecule has 0 fully saturated rings. The minimum absolute atomic E-state index is 0.132. The van der Waals surface area contributed by atoms with Crippen LogP contribution in [0, 0.1) is 10.1 Å². The molecule has 3 aromatic carbocycles. The summed E-state index contributed by atoms with van der Waals surface area (Å²) in [6, 6.07) is 13.5. The van der Waals surface area contributed by atoms with Crippen molar-refractivity contribution in [3.05, 3.63) is 85.8 Å². The predicted octanol–water partition coefficient (Wildman–Crippen LogP) is 6.15. The van der Waals surface area contributed by atoms with E-state index in [1.165, 1.54) is 24.3 Å². The average Bonchev–Trinajstić information content (AvgIpc) is 2.65. The number of hydrogen-bond acceptors (Lipinski definition) is 5. The number of non-ortho nitro benzene ring substituents is 1. The third-order valence-electron chi connectivity index (χ3n) is 3.66. The first-order valence-electron chi connectivity index (χ1n) is 7.85. The first-order valence-corrected chi connectivity index (χ1v) is 10.5. The van der Waals surface area contributed by atoms with Crippen molar-refractivity contribution < 1.29 is 18.1 Å². The van der Waals surface area contributed by atoms with Crippen LogP contribution in [-0.2, 0) is 10.0 Å². The Morgan fingerprint density at radius 1 is 0.862 bits per heavy atom. The van der Waals surface area contributed by atoms with Crippen LogP contribution in [-0.4, -0.2) is 13.3 Å². The van der Waals surface area contributed by atoms with Crippen LogP contribution in [0.1, 0.15) is 0 Å². The molecule has 0 heterocycles. The molecule has 0 bridgehead atoms. The molecule has 29 heavy (non-hydrogen) atoms. The topological polar surface area (TPSA) is 98.5 Å². The molecule has 0 amide bonds. The zero-order valence-corrected chi connectivity index (χ0v) is 17.4. The lowest BCUT2D eigenvalue weighted by Crippen LogP contribution is -2.12. The lowest BCUT2D eigenvalue weighted by Gasteiger charge is -2.12. The molecule has 0 aliphatic heterocycles. The van der Waals surface area contributed by atoms with Crippen LogP contribution in [0.5, 0.6) is 11.5 Å². The molecule has 0 spiro atoms. The summed E-state index contributed by atoms with van der Waals surface area (Å²) < 4.78 is 32.9. The Morgan fingerprint density at radius 2 is 1.45 bits per heavy atom. The van der Waals surface area contributed by atoms with Gasteiger partial charge in [0.15, 0.2) is 0 Å². The van der Waals surface area contributed by atoms with E-state index < -0.39 is 14.9 Å². The van der Waals surface area contributed by atoms with E-state index in [1.54, 1.807) is 12.1 Å². The van der Waals surface area contributed by atoms with Gasteiger partial charge in [0.05, 0.1) is 25.6 Å². The second-order valence-electron chi connectivity index (χ2n) is 5.68. The molecule has 7 nitrogen and oxygen atoms in total. The summed E-state index contributed by atoms with van der Waals surface area (Å²) in [6.45, 7) is 0. The molecule has 150 valence electrons. The van der Waals surface area contributed by atoms with E-state index in [4.69, 9.17) is 39.5 Å². The van der Waals surface area contributed by atoms with Gasteiger partial charge in [0.1, 0.15) is 11.5 Å². The summed E-state index contributed by atoms with van der Waals surface area (Å²) in [5, 5.41) is 11.6. The van der Waals surface area contributed by atoms with Gasteiger partial charge in [-0.3, -0.25) is 14.8 Å². The molecule has 0 radical (unpaired) electrons. The highest BCUT2D eigenvalue weighted by molar-refractivity contribution is 7.92. The first-order chi connectivity index (χ1) is 13.7. The molecular weight excluding hydrogens is 463 g/mol. The number of sulfonamides is 1. The van der Waals surface area contributed by atoms with Gasteiger partial charge < -0.3 is 4.74 Å². The Morgan fingerprint density at radius 3 is 2.00 bits per heavy atom. The summed E-state index contributed by atoms with van der Waals surface area (Å²) in [5.41, 5.74) is -0.0303. The van der Waals surface area contributed by atoms with Crippen molar-refractivity contribution in [3.63, 3.8) is 0 Å². The molecule has 11 heteroatoms. The molecule has 3 aromatic rings. The van der Waals surface area contributed by atoms with Crippen molar-refractivity contribution in [3.8, 4) is 11.5 Å². The second kappa shape index (κ2) is 8.46. The van der Waals surface area contributed by atoms with Crippen LogP contribution in [0.25, 0.3) is 0 Å². The Balaban J connectivity index is 1.79. The van der Waals surface area contributed by atoms with Gasteiger partial charge >= 0.3 is 0 Å². The van der Waals surface area contributed by atoms with Gasteiger partial charge in [0, 0.05) is 17.2 Å². The number of hydrogen-bond donors (Lipinski definition) is 1. The number of halogens is 3. The van der Waals surface area contributed by atoms with Crippen LogP contribution < -0.4 is 9.46 Å². The number of nitrogens with one attached hydrogen (secondary N) is 1. The molecule has 0 unspecified atom stereocenters. The normalized spacial score (nSPS) is 11.1. The van der Waals surface area contributed by atoms with E-state index >= 15 is 0 Å². The molecule has 0 saturated carbocycles. The van der Waals surface area contributed by atoms with Crippen molar-refractivity contribution in [1.82, 2.24) is 0 Å². The zero-order chi connectivity index (χ0) is 21.2. The average molecular weight is 474 g/mol. The number of nitro benzene ring substituents is 1. The van der Waals surface area contributed by atoms with E-state index in [2.05, 4.69) is 4.72 Å². The van der Waals surface area contributed by atoms with Gasteiger partial charge in [0.2, 0.25) is 0 Å². The highest BCUT2D eigenvalue weighted by Gasteiger charge is 2.17. The minimum atomic E-state index is -3.96. The maximum absolute atomic E-state index is 12.5. The summed E-state index contributed by atoms with van der Waals surface area (Å²) in [7, 11) is -3.96. The van der Waals surface area contributed by atoms with Crippen LogP contribution in [0.2, 0.25) is 15.1 Å². The summed E-state index contributed by atoms with van der Waals surface area (Å²) in [5.74, 6) is 0.589. The Labute approximate surface area is 181 Å². The van der Waals surface area contributed by atoms with Gasteiger partial charge in [-0.1, -0.05) is 34.8 Å². The number of nitrogens with zero attached hydrogens (tertiary/aromatic N) is 1. The maximum Gasteiger partial charge on any atom is 0.269 e. The highest BCUT2D eigenvalue weighted by Crippen LogP contribution is 2.36. The molecule has 0 atom stereocenters. The third kappa shape index (κ3) is 5.10. The number of anilines is 1. The summed E-state index contributed by atoms with van der Waals surface area (Å²) in [6.07, 6.45) is 0. The van der Waals surface area contributed by atoms with Crippen molar-refractivity contribution in [2.75, 3.05) is 4.72 Å². The fourth-order valence-electron chi connectivity index (χ4n) is 2.28. The van der Waals surface area contributed by atoms with Crippen LogP contribution >= 0.6 is 34.8 Å². The number of nitro groups is 1. The van der Waals surface area contributed by atoms with Crippen LogP contribution in [0.15, 0.2) is 65.6 Å². The summed E-state index contributed by atoms with van der Waals surface area (Å²) >= 11 is 18.1. The van der Waals surface area contributed by atoms with E-state index in [1.807, 2.05) is 0 Å². The Hall–Kier alpha value is -2.52. The SMILES string of the molecule is O=[N+]([O-])c1ccc(S(=O)(=O)Nc2ccc(Oc3ccc(Cl)cc3Cl)c(Cl)c2)cc1. The predicted molar refractivity (Wildman–Crippen MR) is 112 cm³/mol. The van der Waals surface area contributed by atoms with Crippen molar-refractivity contribution >= 4 is 56.2 Å². The molecule has 3 rings (SSSR count). The number of rotatable bonds is 6. The third-order valence-corrected chi connectivity index (χ3v) is 5.88. The maximum atomic E-state index is 12.5. The van der Waals surface area contributed by atoms with Crippen LogP contribution in [0.4, 0.5) is 11.4 Å². The Bertz CT molecular complexity index is 1180. The Kier molecular flexibility index (Phi) is 6.18. The first kappa shape index (κ1) is 21.2. The minimum Gasteiger partial charge on any atom is -0.454 e. The van der Waals surface area contributed by atoms with Gasteiger partial charge in [-0.25, -0.2) is 8.42 Å². The molecule has 0 aliphatic carbocycles. The van der Waals surface area contributed by atoms with Crippen molar-refractivity contribution in [2.45, 2.75) is 4.90 Å². The molecule has 0 aliphatic rings. The van der Waals surface area contributed by atoms with Crippen molar-refractivity contribution in [2.24, 2.45) is 0 Å².